The molecule has 0 atom stereocenters. The van der Waals surface area contributed by atoms with Crippen molar-refractivity contribution in [1.82, 2.24) is 25.1 Å². The van der Waals surface area contributed by atoms with Crippen LogP contribution in [0.15, 0.2) is 48.5 Å². The van der Waals surface area contributed by atoms with E-state index in [1.54, 1.807) is 4.68 Å². The number of halogens is 2. The van der Waals surface area contributed by atoms with Crippen LogP contribution < -0.4 is 0 Å². The molecule has 0 unspecified atom stereocenters. The minimum atomic E-state index is -0.582. The van der Waals surface area contributed by atoms with Gasteiger partial charge in [-0.2, -0.15) is 4.68 Å². The molecule has 3 rings (SSSR count). The van der Waals surface area contributed by atoms with Gasteiger partial charge in [-0.25, -0.2) is 8.78 Å². The van der Waals surface area contributed by atoms with Gasteiger partial charge in [0, 0.05) is 18.2 Å². The van der Waals surface area contributed by atoms with Crippen molar-refractivity contribution in [3.8, 4) is 5.69 Å². The zero-order valence-electron chi connectivity index (χ0n) is 12.5. The highest BCUT2D eigenvalue weighted by Gasteiger charge is 2.12. The lowest BCUT2D eigenvalue weighted by Crippen LogP contribution is -2.20. The summed E-state index contributed by atoms with van der Waals surface area (Å²) in [6, 6.07) is 13.1. The van der Waals surface area contributed by atoms with E-state index in [4.69, 9.17) is 0 Å². The van der Waals surface area contributed by atoms with Gasteiger partial charge in [-0.05, 0) is 35.7 Å². The van der Waals surface area contributed by atoms with Gasteiger partial charge >= 0.3 is 0 Å². The van der Waals surface area contributed by atoms with Gasteiger partial charge < -0.3 is 0 Å². The summed E-state index contributed by atoms with van der Waals surface area (Å²) >= 11 is 0. The Bertz CT molecular complexity index is 788. The normalized spacial score (nSPS) is 11.1. The monoisotopic (exact) mass is 315 g/mol. The molecule has 3 aromatic rings. The molecule has 0 bridgehead atoms. The largest absolute Gasteiger partial charge is 0.295 e. The van der Waals surface area contributed by atoms with Gasteiger partial charge in [-0.15, -0.1) is 5.10 Å². The maximum Gasteiger partial charge on any atom is 0.170 e. The second kappa shape index (κ2) is 6.62. The summed E-state index contributed by atoms with van der Waals surface area (Å²) < 4.78 is 28.3. The molecule has 0 spiro atoms. The highest BCUT2D eigenvalue weighted by molar-refractivity contribution is 5.30. The summed E-state index contributed by atoms with van der Waals surface area (Å²) in [4.78, 5) is 1.86. The third kappa shape index (κ3) is 3.57. The smallest absolute Gasteiger partial charge is 0.170 e. The van der Waals surface area contributed by atoms with Crippen molar-refractivity contribution in [1.29, 1.82) is 0 Å². The van der Waals surface area contributed by atoms with Crippen LogP contribution in [0.3, 0.4) is 0 Å². The van der Waals surface area contributed by atoms with Gasteiger partial charge in [-0.3, -0.25) is 4.90 Å². The topological polar surface area (TPSA) is 46.8 Å². The summed E-state index contributed by atoms with van der Waals surface area (Å²) in [7, 11) is 1.83. The Morgan fingerprint density at radius 3 is 2.57 bits per heavy atom. The molecule has 1 aromatic heterocycles. The fourth-order valence-corrected chi connectivity index (χ4v) is 2.31. The molecule has 118 valence electrons. The van der Waals surface area contributed by atoms with Gasteiger partial charge in [0.2, 0.25) is 0 Å². The summed E-state index contributed by atoms with van der Waals surface area (Å²) in [6.45, 7) is 0.756. The van der Waals surface area contributed by atoms with Crippen LogP contribution in [-0.2, 0) is 13.1 Å². The van der Waals surface area contributed by atoms with E-state index in [-0.39, 0.29) is 0 Å². The van der Waals surface area contributed by atoms with Crippen molar-refractivity contribution in [3.05, 3.63) is 71.6 Å². The standard InChI is InChI=1S/C16H15F2N5/c1-22(10-12-7-8-13(17)9-15(12)18)11-16-19-20-21-23(16)14-5-3-2-4-6-14/h2-9H,10-11H2,1H3. The van der Waals surface area contributed by atoms with Gasteiger partial charge in [0.05, 0.1) is 12.2 Å². The molecule has 0 aliphatic rings. The summed E-state index contributed by atoms with van der Waals surface area (Å²) in [5.41, 5.74) is 1.28. The lowest BCUT2D eigenvalue weighted by molar-refractivity contribution is 0.302. The molecule has 0 amide bonds. The van der Waals surface area contributed by atoms with Crippen molar-refractivity contribution in [2.24, 2.45) is 0 Å². The Morgan fingerprint density at radius 1 is 1.04 bits per heavy atom. The molecular formula is C16H15F2N5. The Hall–Kier alpha value is -2.67. The first-order valence-electron chi connectivity index (χ1n) is 7.08. The van der Waals surface area contributed by atoms with Crippen LogP contribution >= 0.6 is 0 Å². The fourth-order valence-electron chi connectivity index (χ4n) is 2.31. The maximum atomic E-state index is 13.7. The summed E-state index contributed by atoms with van der Waals surface area (Å²) in [6.07, 6.45) is 0. The Labute approximate surface area is 132 Å². The van der Waals surface area contributed by atoms with Crippen molar-refractivity contribution >= 4 is 0 Å². The number of benzene rings is 2. The molecule has 0 aliphatic heterocycles. The molecule has 5 nitrogen and oxygen atoms in total. The molecule has 0 aliphatic carbocycles. The van der Waals surface area contributed by atoms with E-state index >= 15 is 0 Å². The van der Waals surface area contributed by atoms with Gasteiger partial charge in [0.1, 0.15) is 11.6 Å². The number of aromatic nitrogens is 4. The highest BCUT2D eigenvalue weighted by Crippen LogP contribution is 2.14. The maximum absolute atomic E-state index is 13.7. The predicted molar refractivity (Wildman–Crippen MR) is 80.7 cm³/mol. The number of hydrogen-bond donors (Lipinski definition) is 0. The fraction of sp³-hybridized carbons (Fsp3) is 0.188. The van der Waals surface area contributed by atoms with Gasteiger partial charge in [0.15, 0.2) is 5.82 Å². The lowest BCUT2D eigenvalue weighted by atomic mass is 10.2. The van der Waals surface area contributed by atoms with E-state index in [0.29, 0.717) is 24.5 Å². The minimum Gasteiger partial charge on any atom is -0.295 e. The summed E-state index contributed by atoms with van der Waals surface area (Å²) in [5.74, 6) is -0.498. The number of tetrazole rings is 1. The molecule has 7 heteroatoms. The third-order valence-electron chi connectivity index (χ3n) is 3.40. The number of nitrogens with zero attached hydrogens (tertiary/aromatic N) is 5. The Balaban J connectivity index is 1.74. The van der Waals surface area contributed by atoms with Crippen LogP contribution in [0.25, 0.3) is 5.69 Å². The average Bonchev–Trinajstić information content (AvgIpc) is 2.99. The lowest BCUT2D eigenvalue weighted by Gasteiger charge is -2.16. The second-order valence-electron chi connectivity index (χ2n) is 5.25. The minimum absolute atomic E-state index is 0.327. The first-order valence-corrected chi connectivity index (χ1v) is 7.08. The van der Waals surface area contributed by atoms with E-state index in [9.17, 15) is 8.78 Å². The van der Waals surface area contributed by atoms with Crippen LogP contribution in [0.1, 0.15) is 11.4 Å². The molecule has 0 fully saturated rings. The second-order valence-corrected chi connectivity index (χ2v) is 5.25. The van der Waals surface area contributed by atoms with Crippen LogP contribution in [-0.4, -0.2) is 32.2 Å². The summed E-state index contributed by atoms with van der Waals surface area (Å²) in [5, 5.41) is 11.7. The van der Waals surface area contributed by atoms with Gasteiger partial charge in [0.25, 0.3) is 0 Å². The molecule has 2 aromatic carbocycles. The highest BCUT2D eigenvalue weighted by atomic mass is 19.1. The SMILES string of the molecule is CN(Cc1ccc(F)cc1F)Cc1nnnn1-c1ccccc1. The first kappa shape index (κ1) is 15.2. The van der Waals surface area contributed by atoms with E-state index in [1.807, 2.05) is 42.3 Å². The van der Waals surface area contributed by atoms with Crippen molar-refractivity contribution in [2.45, 2.75) is 13.1 Å². The van der Waals surface area contributed by atoms with Crippen molar-refractivity contribution in [3.63, 3.8) is 0 Å². The number of hydrogen-bond acceptors (Lipinski definition) is 4. The van der Waals surface area contributed by atoms with Crippen molar-refractivity contribution < 1.29 is 8.78 Å². The third-order valence-corrected chi connectivity index (χ3v) is 3.40. The van der Waals surface area contributed by atoms with E-state index < -0.39 is 11.6 Å². The first-order chi connectivity index (χ1) is 11.1. The van der Waals surface area contributed by atoms with Crippen molar-refractivity contribution in [2.75, 3.05) is 7.05 Å². The number of rotatable bonds is 5. The van der Waals surface area contributed by atoms with Crippen LogP contribution in [0, 0.1) is 11.6 Å². The van der Waals surface area contributed by atoms with E-state index in [2.05, 4.69) is 15.5 Å². The quantitative estimate of drug-likeness (QED) is 0.726. The number of para-hydroxylation sites is 1. The average molecular weight is 315 g/mol. The van der Waals surface area contributed by atoms with Crippen LogP contribution in [0.5, 0.6) is 0 Å². The Morgan fingerprint density at radius 2 is 1.83 bits per heavy atom. The van der Waals surface area contributed by atoms with E-state index in [0.717, 1.165) is 11.8 Å². The zero-order valence-corrected chi connectivity index (χ0v) is 12.5. The molecule has 0 saturated heterocycles. The molecule has 23 heavy (non-hydrogen) atoms. The van der Waals surface area contributed by atoms with Crippen LogP contribution in [0.2, 0.25) is 0 Å². The molecule has 0 radical (unpaired) electrons. The Kier molecular flexibility index (Phi) is 4.38. The molecule has 1 heterocycles. The van der Waals surface area contributed by atoms with Crippen LogP contribution in [0.4, 0.5) is 8.78 Å². The predicted octanol–water partition coefficient (Wildman–Crippen LogP) is 2.57. The molecule has 0 saturated carbocycles. The van der Waals surface area contributed by atoms with E-state index in [1.165, 1.54) is 12.1 Å². The molecular weight excluding hydrogens is 300 g/mol. The molecule has 0 N–H and O–H groups in total. The van der Waals surface area contributed by atoms with Gasteiger partial charge in [-0.1, -0.05) is 24.3 Å². The zero-order chi connectivity index (χ0) is 16.2.